The van der Waals surface area contributed by atoms with Gasteiger partial charge >= 0.3 is 0 Å². The lowest BCUT2D eigenvalue weighted by molar-refractivity contribution is 0.325. The number of hydrogen-bond acceptors (Lipinski definition) is 4. The van der Waals surface area contributed by atoms with Gasteiger partial charge in [0.15, 0.2) is 0 Å². The van der Waals surface area contributed by atoms with Gasteiger partial charge in [0.2, 0.25) is 11.7 Å². The number of aromatic nitrogens is 2. The Morgan fingerprint density at radius 1 is 1.24 bits per heavy atom. The summed E-state index contributed by atoms with van der Waals surface area (Å²) >= 11 is 5.81. The molecule has 2 N–H and O–H groups in total. The van der Waals surface area contributed by atoms with Crippen LogP contribution in [0, 0.1) is 5.92 Å². The highest BCUT2D eigenvalue weighted by Crippen LogP contribution is 2.22. The molecule has 1 atom stereocenters. The van der Waals surface area contributed by atoms with Crippen molar-refractivity contribution in [1.29, 1.82) is 0 Å². The molecule has 0 aliphatic rings. The number of halogens is 1. The molecule has 0 radical (unpaired) electrons. The van der Waals surface area contributed by atoms with E-state index in [4.69, 9.17) is 21.9 Å². The normalized spacial score (nSPS) is 13.0. The van der Waals surface area contributed by atoms with E-state index in [0.717, 1.165) is 5.56 Å². The Bertz CT molecular complexity index is 493. The molecule has 0 fully saturated rings. The summed E-state index contributed by atoms with van der Waals surface area (Å²) in [7, 11) is 0. The summed E-state index contributed by atoms with van der Waals surface area (Å²) in [5, 5.41) is 4.59. The fraction of sp³-hybridized carbons (Fsp3) is 0.333. The van der Waals surface area contributed by atoms with E-state index in [1.807, 2.05) is 26.0 Å². The Labute approximate surface area is 105 Å². The van der Waals surface area contributed by atoms with Gasteiger partial charge in [0.1, 0.15) is 0 Å². The lowest BCUT2D eigenvalue weighted by atomic mass is 10.1. The molecule has 0 aliphatic carbocycles. The molecule has 0 spiro atoms. The molecule has 0 saturated heterocycles. The standard InChI is InChI=1S/C12H14ClN3O/c1-7(2)10(14)12-15-11(16-17-12)8-3-5-9(13)6-4-8/h3-7,10H,14H2,1-2H3. The van der Waals surface area contributed by atoms with Crippen LogP contribution in [0.1, 0.15) is 25.8 Å². The molecule has 2 aromatic rings. The maximum Gasteiger partial charge on any atom is 0.244 e. The van der Waals surface area contributed by atoms with E-state index >= 15 is 0 Å². The van der Waals surface area contributed by atoms with Crippen LogP contribution in [0.5, 0.6) is 0 Å². The highest BCUT2D eigenvalue weighted by molar-refractivity contribution is 6.30. The summed E-state index contributed by atoms with van der Waals surface area (Å²) in [6.07, 6.45) is 0. The number of nitrogens with two attached hydrogens (primary N) is 1. The first-order valence-corrected chi connectivity index (χ1v) is 5.81. The lowest BCUT2D eigenvalue weighted by Crippen LogP contribution is -2.16. The largest absolute Gasteiger partial charge is 0.337 e. The van der Waals surface area contributed by atoms with Crippen molar-refractivity contribution in [1.82, 2.24) is 10.1 Å². The van der Waals surface area contributed by atoms with Crippen LogP contribution in [0.15, 0.2) is 28.8 Å². The first-order chi connectivity index (χ1) is 8.08. The van der Waals surface area contributed by atoms with E-state index < -0.39 is 0 Å². The van der Waals surface area contributed by atoms with E-state index in [2.05, 4.69) is 10.1 Å². The maximum absolute atomic E-state index is 5.94. The van der Waals surface area contributed by atoms with Crippen molar-refractivity contribution in [3.05, 3.63) is 35.2 Å². The van der Waals surface area contributed by atoms with Gasteiger partial charge < -0.3 is 10.3 Å². The fourth-order valence-electron chi connectivity index (χ4n) is 1.37. The van der Waals surface area contributed by atoms with Gasteiger partial charge in [-0.15, -0.1) is 0 Å². The van der Waals surface area contributed by atoms with Crippen LogP contribution in [0.4, 0.5) is 0 Å². The summed E-state index contributed by atoms with van der Waals surface area (Å²) in [4.78, 5) is 4.29. The first-order valence-electron chi connectivity index (χ1n) is 5.43. The first kappa shape index (κ1) is 12.1. The molecular formula is C12H14ClN3O. The smallest absolute Gasteiger partial charge is 0.244 e. The van der Waals surface area contributed by atoms with Crippen LogP contribution >= 0.6 is 11.6 Å². The number of hydrogen-bond donors (Lipinski definition) is 1. The molecule has 1 aromatic heterocycles. The van der Waals surface area contributed by atoms with Crippen molar-refractivity contribution in [2.24, 2.45) is 11.7 Å². The molecule has 4 nitrogen and oxygen atoms in total. The van der Waals surface area contributed by atoms with Gasteiger partial charge in [-0.05, 0) is 30.2 Å². The van der Waals surface area contributed by atoms with Gasteiger partial charge in [-0.3, -0.25) is 0 Å². The second-order valence-electron chi connectivity index (χ2n) is 4.23. The Morgan fingerprint density at radius 3 is 2.47 bits per heavy atom. The third-order valence-electron chi connectivity index (χ3n) is 2.55. The summed E-state index contributed by atoms with van der Waals surface area (Å²) in [5.41, 5.74) is 6.80. The predicted octanol–water partition coefficient (Wildman–Crippen LogP) is 3.05. The highest BCUT2D eigenvalue weighted by atomic mass is 35.5. The van der Waals surface area contributed by atoms with Crippen molar-refractivity contribution in [3.8, 4) is 11.4 Å². The van der Waals surface area contributed by atoms with Gasteiger partial charge in [0.05, 0.1) is 6.04 Å². The van der Waals surface area contributed by atoms with E-state index in [1.165, 1.54) is 0 Å². The van der Waals surface area contributed by atoms with Gasteiger partial charge in [0, 0.05) is 10.6 Å². The van der Waals surface area contributed by atoms with Gasteiger partial charge in [0.25, 0.3) is 0 Å². The highest BCUT2D eigenvalue weighted by Gasteiger charge is 2.18. The molecule has 0 saturated carbocycles. The third-order valence-corrected chi connectivity index (χ3v) is 2.80. The van der Waals surface area contributed by atoms with E-state index in [1.54, 1.807) is 12.1 Å². The molecule has 1 unspecified atom stereocenters. The summed E-state index contributed by atoms with van der Waals surface area (Å²) < 4.78 is 5.15. The molecule has 17 heavy (non-hydrogen) atoms. The fourth-order valence-corrected chi connectivity index (χ4v) is 1.50. The summed E-state index contributed by atoms with van der Waals surface area (Å²) in [5.74, 6) is 1.26. The Kier molecular flexibility index (Phi) is 3.45. The Balaban J connectivity index is 2.26. The van der Waals surface area contributed by atoms with Crippen LogP contribution in [0.25, 0.3) is 11.4 Å². The Hall–Kier alpha value is -1.39. The molecule has 0 amide bonds. The van der Waals surface area contributed by atoms with Crippen LogP contribution in [-0.4, -0.2) is 10.1 Å². The zero-order valence-corrected chi connectivity index (χ0v) is 10.5. The SMILES string of the molecule is CC(C)C(N)c1nc(-c2ccc(Cl)cc2)no1. The molecule has 5 heteroatoms. The monoisotopic (exact) mass is 251 g/mol. The van der Waals surface area contributed by atoms with Crippen LogP contribution in [0.3, 0.4) is 0 Å². The van der Waals surface area contributed by atoms with Gasteiger partial charge in [-0.25, -0.2) is 0 Å². The second-order valence-corrected chi connectivity index (χ2v) is 4.67. The third kappa shape index (κ3) is 2.65. The number of rotatable bonds is 3. The molecule has 0 bridgehead atoms. The topological polar surface area (TPSA) is 64.9 Å². The maximum atomic E-state index is 5.94. The van der Waals surface area contributed by atoms with Crippen LogP contribution in [0.2, 0.25) is 5.02 Å². The second kappa shape index (κ2) is 4.85. The zero-order chi connectivity index (χ0) is 12.4. The average molecular weight is 252 g/mol. The summed E-state index contributed by atoms with van der Waals surface area (Å²) in [6.45, 7) is 4.02. The van der Waals surface area contributed by atoms with Crippen molar-refractivity contribution >= 4 is 11.6 Å². The van der Waals surface area contributed by atoms with Crippen molar-refractivity contribution in [2.45, 2.75) is 19.9 Å². The number of nitrogens with zero attached hydrogens (tertiary/aromatic N) is 2. The molecule has 0 aliphatic heterocycles. The van der Waals surface area contributed by atoms with E-state index in [-0.39, 0.29) is 12.0 Å². The van der Waals surface area contributed by atoms with Crippen LogP contribution in [-0.2, 0) is 0 Å². The molecule has 90 valence electrons. The van der Waals surface area contributed by atoms with E-state index in [9.17, 15) is 0 Å². The minimum absolute atomic E-state index is 0.233. The zero-order valence-electron chi connectivity index (χ0n) is 9.72. The van der Waals surface area contributed by atoms with E-state index in [0.29, 0.717) is 16.7 Å². The van der Waals surface area contributed by atoms with Gasteiger partial charge in [-0.2, -0.15) is 4.98 Å². The van der Waals surface area contributed by atoms with Crippen molar-refractivity contribution in [3.63, 3.8) is 0 Å². The van der Waals surface area contributed by atoms with Crippen molar-refractivity contribution < 1.29 is 4.52 Å². The van der Waals surface area contributed by atoms with Crippen LogP contribution < -0.4 is 5.73 Å². The van der Waals surface area contributed by atoms with Crippen molar-refractivity contribution in [2.75, 3.05) is 0 Å². The number of benzene rings is 1. The summed E-state index contributed by atoms with van der Waals surface area (Å²) in [6, 6.07) is 7.03. The predicted molar refractivity (Wildman–Crippen MR) is 66.5 cm³/mol. The quantitative estimate of drug-likeness (QED) is 0.911. The lowest BCUT2D eigenvalue weighted by Gasteiger charge is -2.09. The minimum atomic E-state index is -0.233. The average Bonchev–Trinajstić information content (AvgIpc) is 2.78. The molecular weight excluding hydrogens is 238 g/mol. The Morgan fingerprint density at radius 2 is 1.88 bits per heavy atom. The minimum Gasteiger partial charge on any atom is -0.337 e. The molecule has 1 heterocycles. The van der Waals surface area contributed by atoms with Gasteiger partial charge in [-0.1, -0.05) is 30.6 Å². The molecule has 1 aromatic carbocycles. The molecule has 2 rings (SSSR count).